The molecule has 1 aromatic carbocycles. The molecule has 4 nitrogen and oxygen atoms in total. The van der Waals surface area contributed by atoms with E-state index in [2.05, 4.69) is 29.2 Å². The first-order valence-corrected chi connectivity index (χ1v) is 9.05. The molecule has 1 spiro atoms. The Labute approximate surface area is 138 Å². The lowest BCUT2D eigenvalue weighted by atomic mass is 9.88. The smallest absolute Gasteiger partial charge is 0.226 e. The van der Waals surface area contributed by atoms with Crippen molar-refractivity contribution in [3.63, 3.8) is 0 Å². The summed E-state index contributed by atoms with van der Waals surface area (Å²) in [5.41, 5.74) is 2.49. The van der Waals surface area contributed by atoms with Crippen LogP contribution in [0.3, 0.4) is 0 Å². The summed E-state index contributed by atoms with van der Waals surface area (Å²) >= 11 is 0. The Kier molecular flexibility index (Phi) is 4.02. The van der Waals surface area contributed by atoms with E-state index >= 15 is 0 Å². The van der Waals surface area contributed by atoms with Gasteiger partial charge in [-0.25, -0.2) is 0 Å². The molecular weight excluding hydrogens is 288 g/mol. The van der Waals surface area contributed by atoms with Gasteiger partial charge < -0.3 is 14.5 Å². The topological polar surface area (TPSA) is 32.8 Å². The van der Waals surface area contributed by atoms with Crippen molar-refractivity contribution in [2.24, 2.45) is 0 Å². The largest absolute Gasteiger partial charge is 0.375 e. The van der Waals surface area contributed by atoms with Gasteiger partial charge in [0, 0.05) is 44.0 Å². The second-order valence-electron chi connectivity index (χ2n) is 7.14. The Morgan fingerprint density at radius 2 is 1.61 bits per heavy atom. The van der Waals surface area contributed by atoms with Gasteiger partial charge in [-0.15, -0.1) is 0 Å². The van der Waals surface area contributed by atoms with E-state index in [9.17, 15) is 4.79 Å². The first-order valence-electron chi connectivity index (χ1n) is 9.05. The van der Waals surface area contributed by atoms with Crippen molar-refractivity contribution in [1.29, 1.82) is 0 Å². The molecule has 3 fully saturated rings. The summed E-state index contributed by atoms with van der Waals surface area (Å²) in [6.45, 7) is 3.95. The average Bonchev–Trinajstić information content (AvgIpc) is 3.04. The van der Waals surface area contributed by atoms with Crippen LogP contribution in [0.2, 0.25) is 0 Å². The van der Waals surface area contributed by atoms with E-state index < -0.39 is 0 Å². The van der Waals surface area contributed by atoms with Crippen LogP contribution in [-0.2, 0) is 9.53 Å². The highest BCUT2D eigenvalue weighted by Gasteiger charge is 2.38. The molecule has 124 valence electrons. The second kappa shape index (κ2) is 6.16. The molecule has 0 atom stereocenters. The van der Waals surface area contributed by atoms with Crippen LogP contribution < -0.4 is 9.80 Å². The molecule has 3 saturated heterocycles. The minimum absolute atomic E-state index is 0.177. The monoisotopic (exact) mass is 314 g/mol. The fraction of sp³-hybridized carbons (Fsp3) is 0.632. The van der Waals surface area contributed by atoms with Gasteiger partial charge in [0.25, 0.3) is 0 Å². The Morgan fingerprint density at radius 3 is 2.26 bits per heavy atom. The molecule has 4 rings (SSSR count). The molecule has 3 heterocycles. The van der Waals surface area contributed by atoms with Crippen molar-refractivity contribution in [2.75, 3.05) is 36.0 Å². The summed E-state index contributed by atoms with van der Waals surface area (Å²) < 4.78 is 6.01. The summed E-state index contributed by atoms with van der Waals surface area (Å²) in [6.07, 6.45) is 7.57. The lowest BCUT2D eigenvalue weighted by Crippen LogP contribution is -2.44. The van der Waals surface area contributed by atoms with E-state index in [4.69, 9.17) is 4.74 Å². The van der Waals surface area contributed by atoms with E-state index in [1.165, 1.54) is 18.5 Å². The molecule has 0 saturated carbocycles. The normalized spacial score (nSPS) is 24.4. The maximum absolute atomic E-state index is 12.0. The van der Waals surface area contributed by atoms with E-state index in [0.717, 1.165) is 57.6 Å². The molecule has 0 N–H and O–H groups in total. The van der Waals surface area contributed by atoms with Crippen LogP contribution in [0.5, 0.6) is 0 Å². The third-order valence-electron chi connectivity index (χ3n) is 5.71. The maximum Gasteiger partial charge on any atom is 0.226 e. The summed E-state index contributed by atoms with van der Waals surface area (Å²) in [5.74, 6) is 0.266. The summed E-state index contributed by atoms with van der Waals surface area (Å²) in [5, 5.41) is 0. The zero-order valence-electron chi connectivity index (χ0n) is 13.8. The van der Waals surface area contributed by atoms with Crippen molar-refractivity contribution in [1.82, 2.24) is 0 Å². The molecule has 0 aliphatic carbocycles. The molecule has 3 aliphatic heterocycles. The third-order valence-corrected chi connectivity index (χ3v) is 5.71. The van der Waals surface area contributed by atoms with E-state index in [0.29, 0.717) is 6.42 Å². The molecule has 3 aliphatic rings. The molecule has 4 heteroatoms. The third kappa shape index (κ3) is 2.97. The summed E-state index contributed by atoms with van der Waals surface area (Å²) in [7, 11) is 0. The molecule has 1 amide bonds. The minimum atomic E-state index is 0.177. The van der Waals surface area contributed by atoms with Crippen LogP contribution in [0.15, 0.2) is 24.3 Å². The molecule has 1 aromatic rings. The van der Waals surface area contributed by atoms with E-state index in [1.54, 1.807) is 0 Å². The van der Waals surface area contributed by atoms with Gasteiger partial charge in [0.05, 0.1) is 5.60 Å². The van der Waals surface area contributed by atoms with E-state index in [-0.39, 0.29) is 11.5 Å². The van der Waals surface area contributed by atoms with Gasteiger partial charge in [0.1, 0.15) is 0 Å². The first kappa shape index (κ1) is 15.0. The van der Waals surface area contributed by atoms with E-state index in [1.807, 2.05) is 4.90 Å². The van der Waals surface area contributed by atoms with Gasteiger partial charge in [0.15, 0.2) is 0 Å². The van der Waals surface area contributed by atoms with Gasteiger partial charge in [-0.1, -0.05) is 0 Å². The first-order chi connectivity index (χ1) is 11.3. The summed E-state index contributed by atoms with van der Waals surface area (Å²) in [4.78, 5) is 16.4. The highest BCUT2D eigenvalue weighted by molar-refractivity contribution is 5.94. The van der Waals surface area contributed by atoms with Crippen molar-refractivity contribution in [2.45, 2.75) is 50.5 Å². The number of piperidine rings is 2. The standard InChI is InChI=1S/C19H26N2O2/c22-18-4-1-2-12-21(18)17-7-5-16(6-8-17)20-13-10-19(11-14-20)9-3-15-23-19/h5-8H,1-4,9-15H2. The lowest BCUT2D eigenvalue weighted by Gasteiger charge is -2.39. The van der Waals surface area contributed by atoms with Crippen molar-refractivity contribution >= 4 is 17.3 Å². The zero-order valence-corrected chi connectivity index (χ0v) is 13.8. The number of hydrogen-bond donors (Lipinski definition) is 0. The zero-order chi connectivity index (χ0) is 15.7. The minimum Gasteiger partial charge on any atom is -0.375 e. The van der Waals surface area contributed by atoms with Gasteiger partial charge in [-0.3, -0.25) is 4.79 Å². The number of amides is 1. The van der Waals surface area contributed by atoms with Gasteiger partial charge in [-0.2, -0.15) is 0 Å². The molecule has 0 unspecified atom stereocenters. The number of anilines is 2. The maximum atomic E-state index is 12.0. The number of hydrogen-bond acceptors (Lipinski definition) is 3. The average molecular weight is 314 g/mol. The van der Waals surface area contributed by atoms with Gasteiger partial charge in [0.2, 0.25) is 5.91 Å². The highest BCUT2D eigenvalue weighted by Crippen LogP contribution is 2.37. The van der Waals surface area contributed by atoms with Crippen LogP contribution in [0.25, 0.3) is 0 Å². The second-order valence-corrected chi connectivity index (χ2v) is 7.14. The fourth-order valence-electron chi connectivity index (χ4n) is 4.24. The quantitative estimate of drug-likeness (QED) is 0.839. The number of benzene rings is 1. The summed E-state index contributed by atoms with van der Waals surface area (Å²) in [6, 6.07) is 8.55. The molecule has 0 radical (unpaired) electrons. The van der Waals surface area contributed by atoms with Crippen molar-refractivity contribution in [3.8, 4) is 0 Å². The number of ether oxygens (including phenoxy) is 1. The van der Waals surface area contributed by atoms with Gasteiger partial charge >= 0.3 is 0 Å². The van der Waals surface area contributed by atoms with Crippen molar-refractivity contribution in [3.05, 3.63) is 24.3 Å². The van der Waals surface area contributed by atoms with Crippen LogP contribution in [-0.4, -0.2) is 37.7 Å². The number of rotatable bonds is 2. The molecule has 0 aromatic heterocycles. The number of carbonyl (C=O) groups is 1. The lowest BCUT2D eigenvalue weighted by molar-refractivity contribution is -0.119. The van der Waals surface area contributed by atoms with Crippen LogP contribution >= 0.6 is 0 Å². The predicted molar refractivity (Wildman–Crippen MR) is 92.0 cm³/mol. The predicted octanol–water partition coefficient (Wildman–Crippen LogP) is 3.35. The Morgan fingerprint density at radius 1 is 0.870 bits per heavy atom. The van der Waals surface area contributed by atoms with Crippen LogP contribution in [0.1, 0.15) is 44.9 Å². The highest BCUT2D eigenvalue weighted by atomic mass is 16.5. The fourth-order valence-corrected chi connectivity index (χ4v) is 4.24. The van der Waals surface area contributed by atoms with Crippen LogP contribution in [0.4, 0.5) is 11.4 Å². The Balaban J connectivity index is 1.41. The SMILES string of the molecule is O=C1CCCCN1c1ccc(N2CCC3(CCCO3)CC2)cc1. The molecule has 23 heavy (non-hydrogen) atoms. The van der Waals surface area contributed by atoms with Crippen molar-refractivity contribution < 1.29 is 9.53 Å². The Bertz CT molecular complexity index is 553. The van der Waals surface area contributed by atoms with Crippen LogP contribution in [0, 0.1) is 0 Å². The molecule has 0 bridgehead atoms. The number of nitrogens with zero attached hydrogens (tertiary/aromatic N) is 2. The number of carbonyl (C=O) groups excluding carboxylic acids is 1. The Hall–Kier alpha value is -1.55. The molecular formula is C19H26N2O2. The van der Waals surface area contributed by atoms with Gasteiger partial charge in [-0.05, 0) is 62.8 Å².